The number of fused-ring (bicyclic) bond motifs is 1. The lowest BCUT2D eigenvalue weighted by Gasteiger charge is -2.35. The maximum Gasteiger partial charge on any atom is 0.209 e. The molecule has 4 nitrogen and oxygen atoms in total. The minimum Gasteiger partial charge on any atom is -0.659 e. The number of carbonyl (C=O) groups is 1. The fourth-order valence-corrected chi connectivity index (χ4v) is 3.62. The average molecular weight is 325 g/mol. The maximum absolute atomic E-state index is 12.7. The van der Waals surface area contributed by atoms with Crippen molar-refractivity contribution < 1.29 is 19.5 Å². The molecule has 3 aromatic rings. The molecule has 0 aliphatic rings. The lowest BCUT2D eigenvalue weighted by molar-refractivity contribution is -0.333. The Kier molecular flexibility index (Phi) is 4.24. The van der Waals surface area contributed by atoms with Gasteiger partial charge in [0.15, 0.2) is 5.66 Å². The molecular weight excluding hydrogens is 311 g/mol. The van der Waals surface area contributed by atoms with Crippen molar-refractivity contribution in [1.29, 1.82) is 0 Å². The number of hydrogen-bond acceptors (Lipinski definition) is 4. The molecule has 23 heavy (non-hydrogen) atoms. The van der Waals surface area contributed by atoms with Crippen molar-refractivity contribution in [2.75, 3.05) is 0 Å². The topological polar surface area (TPSA) is 83.4 Å². The normalized spacial score (nSPS) is 13.0. The van der Waals surface area contributed by atoms with E-state index in [1.807, 2.05) is 24.3 Å². The molecule has 1 N–H and O–H groups in total. The monoisotopic (exact) mass is 325 g/mol. The molecule has 0 radical (unpaired) electrons. The van der Waals surface area contributed by atoms with Crippen LogP contribution in [-0.4, -0.2) is 10.7 Å². The Bertz CT molecular complexity index is 840. The van der Waals surface area contributed by atoms with Crippen molar-refractivity contribution in [2.24, 2.45) is 0 Å². The van der Waals surface area contributed by atoms with E-state index < -0.39 is 19.4 Å². The van der Waals surface area contributed by atoms with Crippen LogP contribution in [0.3, 0.4) is 0 Å². The first-order chi connectivity index (χ1) is 11.0. The molecule has 0 spiro atoms. The largest absolute Gasteiger partial charge is 0.659 e. The van der Waals surface area contributed by atoms with Crippen molar-refractivity contribution in [3.05, 3.63) is 83.9 Å². The van der Waals surface area contributed by atoms with Crippen LogP contribution in [0.15, 0.2) is 72.8 Å². The van der Waals surface area contributed by atoms with E-state index in [1.54, 1.807) is 36.4 Å². The van der Waals surface area contributed by atoms with Gasteiger partial charge in [-0.3, -0.25) is 9.69 Å². The number of ketones is 1. The van der Waals surface area contributed by atoms with Gasteiger partial charge in [0.1, 0.15) is 0 Å². The Hall–Kier alpha value is -2.10. The summed E-state index contributed by atoms with van der Waals surface area (Å²) in [7, 11) is -4.88. The van der Waals surface area contributed by atoms with Crippen LogP contribution >= 0.6 is 7.94 Å². The Morgan fingerprint density at radius 1 is 0.870 bits per heavy atom. The molecule has 1 unspecified atom stereocenters. The number of rotatable bonds is 4. The molecule has 116 valence electrons. The predicted molar refractivity (Wildman–Crippen MR) is 86.6 cm³/mol. The summed E-state index contributed by atoms with van der Waals surface area (Å²) in [5.41, 5.74) is -1.08. The average Bonchev–Trinajstić information content (AvgIpc) is 2.54. The van der Waals surface area contributed by atoms with E-state index in [-0.39, 0.29) is 11.1 Å². The van der Waals surface area contributed by atoms with Gasteiger partial charge in [-0.1, -0.05) is 66.7 Å². The molecule has 1 atom stereocenters. The molecule has 0 aliphatic heterocycles. The van der Waals surface area contributed by atoms with Gasteiger partial charge in [0, 0.05) is 11.1 Å². The second kappa shape index (κ2) is 6.19. The van der Waals surface area contributed by atoms with Gasteiger partial charge in [0.2, 0.25) is 5.78 Å². The third kappa shape index (κ3) is 3.31. The summed E-state index contributed by atoms with van der Waals surface area (Å²) in [6.07, 6.45) is 0. The first-order valence-electron chi connectivity index (χ1n) is 7.08. The molecule has 0 heterocycles. The SMILES string of the molecule is O=C(c1ccc2ccccc2c1)C(c1ccccc1)[P+]([O-])([O-])O. The third-order valence-electron chi connectivity index (χ3n) is 3.72. The molecule has 0 fully saturated rings. The van der Waals surface area contributed by atoms with Gasteiger partial charge in [-0.2, -0.15) is 0 Å². The van der Waals surface area contributed by atoms with Crippen LogP contribution in [-0.2, 0) is 0 Å². The van der Waals surface area contributed by atoms with E-state index in [9.17, 15) is 19.5 Å². The molecule has 0 amide bonds. The second-order valence-electron chi connectivity index (χ2n) is 5.30. The van der Waals surface area contributed by atoms with E-state index in [4.69, 9.17) is 0 Å². The van der Waals surface area contributed by atoms with E-state index in [0.29, 0.717) is 0 Å². The fraction of sp³-hybridized carbons (Fsp3) is 0.0556. The quantitative estimate of drug-likeness (QED) is 0.589. The highest BCUT2D eigenvalue weighted by molar-refractivity contribution is 7.57. The zero-order chi connectivity index (χ0) is 16.4. The smallest absolute Gasteiger partial charge is 0.209 e. The fourth-order valence-electron chi connectivity index (χ4n) is 2.62. The van der Waals surface area contributed by atoms with Gasteiger partial charge < -0.3 is 9.79 Å². The second-order valence-corrected chi connectivity index (χ2v) is 6.95. The highest BCUT2D eigenvalue weighted by Gasteiger charge is 2.35. The lowest BCUT2D eigenvalue weighted by Crippen LogP contribution is -2.31. The Labute approximate surface area is 134 Å². The highest BCUT2D eigenvalue weighted by Crippen LogP contribution is 2.53. The van der Waals surface area contributed by atoms with Gasteiger partial charge in [0.05, 0.1) is 7.94 Å². The summed E-state index contributed by atoms with van der Waals surface area (Å²) in [6.45, 7) is 0. The summed E-state index contributed by atoms with van der Waals surface area (Å²) in [4.78, 5) is 45.8. The molecule has 0 saturated heterocycles. The van der Waals surface area contributed by atoms with E-state index in [0.717, 1.165) is 10.8 Å². The van der Waals surface area contributed by atoms with Crippen LogP contribution in [0, 0.1) is 0 Å². The van der Waals surface area contributed by atoms with Gasteiger partial charge in [0.25, 0.3) is 0 Å². The Morgan fingerprint density at radius 3 is 2.13 bits per heavy atom. The van der Waals surface area contributed by atoms with E-state index >= 15 is 0 Å². The molecule has 0 saturated carbocycles. The lowest BCUT2D eigenvalue weighted by atomic mass is 9.99. The molecular formula is C18H14O4P-. The third-order valence-corrected chi connectivity index (χ3v) is 4.91. The molecule has 0 aromatic heterocycles. The maximum atomic E-state index is 12.7. The molecule has 3 rings (SSSR count). The van der Waals surface area contributed by atoms with Crippen LogP contribution in [0.2, 0.25) is 0 Å². The Morgan fingerprint density at radius 2 is 1.48 bits per heavy atom. The van der Waals surface area contributed by atoms with Crippen molar-refractivity contribution >= 4 is 24.5 Å². The van der Waals surface area contributed by atoms with Gasteiger partial charge in [-0.15, -0.1) is 0 Å². The molecule has 0 bridgehead atoms. The van der Waals surface area contributed by atoms with Gasteiger partial charge in [-0.25, -0.2) is 0 Å². The van der Waals surface area contributed by atoms with Crippen LogP contribution < -0.4 is 9.79 Å². The molecule has 5 heteroatoms. The number of carbonyl (C=O) groups excluding carboxylic acids is 1. The first-order valence-corrected chi connectivity index (χ1v) is 8.73. The van der Waals surface area contributed by atoms with E-state index in [2.05, 4.69) is 0 Å². The number of hydrogen-bond donors (Lipinski definition) is 1. The zero-order valence-electron chi connectivity index (χ0n) is 12.1. The standard InChI is InChI=1S/C18H15O4P/c19-17(16-11-10-13-6-4-5-9-15(13)12-16)18(23(20,21)22)14-7-2-1-3-8-14/h1-12,18H,(H2,20,21,22)/p-1. The molecule has 3 aromatic carbocycles. The summed E-state index contributed by atoms with van der Waals surface area (Å²) in [5.74, 6) is -0.636. The number of benzene rings is 3. The Balaban J connectivity index is 2.06. The predicted octanol–water partition coefficient (Wildman–Crippen LogP) is 2.24. The van der Waals surface area contributed by atoms with Crippen LogP contribution in [0.5, 0.6) is 0 Å². The van der Waals surface area contributed by atoms with Crippen LogP contribution in [0.1, 0.15) is 21.6 Å². The molecule has 0 aliphatic carbocycles. The van der Waals surface area contributed by atoms with Gasteiger partial charge in [-0.05, 0) is 16.8 Å². The highest BCUT2D eigenvalue weighted by atomic mass is 31.2. The van der Waals surface area contributed by atoms with E-state index in [1.165, 1.54) is 12.1 Å². The van der Waals surface area contributed by atoms with Crippen molar-refractivity contribution in [3.8, 4) is 0 Å². The summed E-state index contributed by atoms with van der Waals surface area (Å²) in [5, 5.41) is 1.79. The zero-order valence-corrected chi connectivity index (χ0v) is 13.0. The van der Waals surface area contributed by atoms with Crippen molar-refractivity contribution in [2.45, 2.75) is 5.66 Å². The minimum absolute atomic E-state index is 0.252. The van der Waals surface area contributed by atoms with Crippen molar-refractivity contribution in [1.82, 2.24) is 0 Å². The minimum atomic E-state index is -4.88. The van der Waals surface area contributed by atoms with Crippen LogP contribution in [0.25, 0.3) is 10.8 Å². The summed E-state index contributed by atoms with van der Waals surface area (Å²) in [6, 6.07) is 20.5. The van der Waals surface area contributed by atoms with Crippen molar-refractivity contribution in [3.63, 3.8) is 0 Å². The van der Waals surface area contributed by atoms with Crippen LogP contribution in [0.4, 0.5) is 0 Å². The summed E-state index contributed by atoms with van der Waals surface area (Å²) >= 11 is 0. The summed E-state index contributed by atoms with van der Waals surface area (Å²) < 4.78 is 0. The first kappa shape index (κ1) is 15.8. The number of Topliss-reactive ketones (excluding diaryl/α,β-unsaturated/α-hetero) is 1. The van der Waals surface area contributed by atoms with Gasteiger partial charge >= 0.3 is 0 Å².